The first-order valence-corrected chi connectivity index (χ1v) is 22.7. The number of carbonyl (C=O) groups excluding carboxylic acids is 4. The second-order valence-corrected chi connectivity index (χ2v) is 21.7. The molecular weight excluding hydrogens is 787 g/mol. The maximum Gasteiger partial charge on any atom is 0.306 e. The minimum Gasteiger partial charge on any atom is -0.497 e. The molecule has 0 radical (unpaired) electrons. The Balaban J connectivity index is 1.13. The zero-order valence-electron chi connectivity index (χ0n) is 34.5. The van der Waals surface area contributed by atoms with E-state index >= 15 is 0 Å². The molecule has 2 aromatic rings. The summed E-state index contributed by atoms with van der Waals surface area (Å²) in [5, 5.41) is 0. The number of hydrogen-bond donors (Lipinski definition) is 1. The van der Waals surface area contributed by atoms with Gasteiger partial charge in [-0.25, -0.2) is 27.2 Å². The highest BCUT2D eigenvalue weighted by atomic mass is 32.2. The Morgan fingerprint density at radius 1 is 1.03 bits per heavy atom. The Bertz CT molecular complexity index is 2140. The Hall–Kier alpha value is -3.95. The third-order valence-corrected chi connectivity index (χ3v) is 16.4. The van der Waals surface area contributed by atoms with Crippen LogP contribution in [0.25, 0.3) is 11.0 Å². The number of nitrogens with one attached hydrogen (secondary N) is 1. The number of aromatic nitrogens is 2. The highest BCUT2D eigenvalue weighted by Crippen LogP contribution is 2.60. The van der Waals surface area contributed by atoms with Crippen molar-refractivity contribution < 1.29 is 50.6 Å². The van der Waals surface area contributed by atoms with Gasteiger partial charge in [-0.2, -0.15) is 0 Å². The number of halogens is 2. The number of ketones is 1. The number of fused-ring (bicyclic) bond motifs is 7. The van der Waals surface area contributed by atoms with E-state index in [1.807, 2.05) is 31.6 Å². The summed E-state index contributed by atoms with van der Waals surface area (Å²) in [6.07, 6.45) is 1.50. The molecule has 1 aromatic carbocycles. The van der Waals surface area contributed by atoms with Crippen LogP contribution in [0.1, 0.15) is 110 Å². The summed E-state index contributed by atoms with van der Waals surface area (Å²) in [4.78, 5) is 68.1. The van der Waals surface area contributed by atoms with Crippen LogP contribution in [0.2, 0.25) is 0 Å². The molecule has 1 saturated heterocycles. The number of carbonyl (C=O) groups is 4. The lowest BCUT2D eigenvalue weighted by atomic mass is 9.77. The number of hydrogen-bond acceptors (Lipinski definition) is 11. The third-order valence-electron chi connectivity index (χ3n) is 14.3. The number of nitrogens with zero attached hydrogens (tertiary/aromatic N) is 3. The number of methoxy groups -OCH3 is 1. The molecule has 1 N–H and O–H groups in total. The number of esters is 1. The number of Topliss-reactive ketones (excluding diaryl/α,β-unsaturated/α-hetero) is 1. The normalized spacial score (nSPS) is 33.1. The van der Waals surface area contributed by atoms with Crippen LogP contribution in [0.15, 0.2) is 18.2 Å². The number of amides is 2. The molecule has 2 amide bonds. The van der Waals surface area contributed by atoms with E-state index in [4.69, 9.17) is 24.2 Å². The van der Waals surface area contributed by atoms with Gasteiger partial charge in [0.05, 0.1) is 53.2 Å². The summed E-state index contributed by atoms with van der Waals surface area (Å²) in [5.41, 5.74) is -0.936. The number of sulfonamides is 1. The van der Waals surface area contributed by atoms with Crippen LogP contribution in [0.5, 0.6) is 11.6 Å². The molecular formula is C43H56F2N4O9S. The van der Waals surface area contributed by atoms with E-state index in [1.54, 1.807) is 19.2 Å². The molecule has 5 fully saturated rings. The summed E-state index contributed by atoms with van der Waals surface area (Å²) in [6, 6.07) is 4.15. The van der Waals surface area contributed by atoms with Crippen LogP contribution in [0.3, 0.4) is 0 Å². The van der Waals surface area contributed by atoms with Crippen molar-refractivity contribution in [1.82, 2.24) is 19.6 Å². The molecule has 322 valence electrons. The van der Waals surface area contributed by atoms with E-state index in [-0.39, 0.29) is 43.7 Å². The van der Waals surface area contributed by atoms with Crippen LogP contribution < -0.4 is 14.2 Å². The van der Waals surface area contributed by atoms with Crippen molar-refractivity contribution in [2.75, 3.05) is 13.7 Å². The summed E-state index contributed by atoms with van der Waals surface area (Å²) in [5.74, 6) is -3.27. The van der Waals surface area contributed by atoms with Gasteiger partial charge in [-0.1, -0.05) is 33.6 Å². The van der Waals surface area contributed by atoms with Gasteiger partial charge in [0.2, 0.25) is 34.1 Å². The van der Waals surface area contributed by atoms with E-state index < -0.39 is 86.0 Å². The van der Waals surface area contributed by atoms with Gasteiger partial charge in [0.1, 0.15) is 23.7 Å². The van der Waals surface area contributed by atoms with E-state index in [0.29, 0.717) is 53.6 Å². The van der Waals surface area contributed by atoms with Crippen LogP contribution in [-0.4, -0.2) is 89.9 Å². The van der Waals surface area contributed by atoms with Crippen molar-refractivity contribution in [3.63, 3.8) is 0 Å². The van der Waals surface area contributed by atoms with Gasteiger partial charge < -0.3 is 19.1 Å². The second-order valence-electron chi connectivity index (χ2n) is 19.5. The van der Waals surface area contributed by atoms with Crippen LogP contribution in [-0.2, 0) is 40.4 Å². The van der Waals surface area contributed by atoms with E-state index in [0.717, 1.165) is 38.5 Å². The molecule has 4 saturated carbocycles. The molecule has 59 heavy (non-hydrogen) atoms. The van der Waals surface area contributed by atoms with Gasteiger partial charge in [-0.3, -0.25) is 23.9 Å². The lowest BCUT2D eigenvalue weighted by Crippen LogP contribution is -2.49. The largest absolute Gasteiger partial charge is 0.497 e. The SMILES string of the molecule is COc1ccc2nc3c(nc2c1)O[C@@H]1C[C@@H](C(=O)C[C@]2(C(=O)NS(=O)(=O)C4(C)CC4)C[C@H]2C(F)F)N(C1)C(=O)[C@H](C(C)(C)C)CC(=O)O[C@H]1[C@H](CCCCC3)C[C@H]2C[C@H]21. The lowest BCUT2D eigenvalue weighted by molar-refractivity contribution is -0.159. The fraction of sp³-hybridized carbons (Fsp3) is 0.721. The predicted molar refractivity (Wildman–Crippen MR) is 211 cm³/mol. The van der Waals surface area contributed by atoms with Crippen molar-refractivity contribution in [3.8, 4) is 11.6 Å². The molecule has 8 rings (SSSR count). The molecule has 1 aromatic heterocycles. The summed E-state index contributed by atoms with van der Waals surface area (Å²) >= 11 is 0. The Kier molecular flexibility index (Phi) is 10.8. The topological polar surface area (TPSA) is 171 Å². The molecule has 16 heteroatoms. The van der Waals surface area contributed by atoms with Crippen molar-refractivity contribution >= 4 is 44.6 Å². The number of alkyl halides is 2. The molecule has 6 aliphatic rings. The van der Waals surface area contributed by atoms with Gasteiger partial charge >= 0.3 is 5.97 Å². The fourth-order valence-corrected chi connectivity index (χ4v) is 11.3. The van der Waals surface area contributed by atoms with Gasteiger partial charge in [0.15, 0.2) is 5.78 Å². The average molecular weight is 843 g/mol. The number of ether oxygens (including phenoxy) is 3. The molecule has 3 heterocycles. The molecule has 0 spiro atoms. The minimum atomic E-state index is -4.18. The Morgan fingerprint density at radius 2 is 1.80 bits per heavy atom. The second kappa shape index (κ2) is 15.2. The Morgan fingerprint density at radius 3 is 2.47 bits per heavy atom. The molecule has 13 nitrogen and oxygen atoms in total. The first-order chi connectivity index (χ1) is 27.8. The van der Waals surface area contributed by atoms with Crippen molar-refractivity contribution in [3.05, 3.63) is 23.9 Å². The average Bonchev–Trinajstić information content (AvgIpc) is 4.13. The van der Waals surface area contributed by atoms with Crippen molar-refractivity contribution in [2.24, 2.45) is 40.4 Å². The van der Waals surface area contributed by atoms with Crippen LogP contribution >= 0.6 is 0 Å². The minimum absolute atomic E-state index is 0.0522. The first-order valence-electron chi connectivity index (χ1n) is 21.2. The fourth-order valence-electron chi connectivity index (χ4n) is 9.95. The molecule has 2 bridgehead atoms. The quantitative estimate of drug-likeness (QED) is 0.312. The van der Waals surface area contributed by atoms with E-state index in [1.165, 1.54) is 11.8 Å². The van der Waals surface area contributed by atoms with Crippen LogP contribution in [0, 0.1) is 40.4 Å². The zero-order chi connectivity index (χ0) is 42.2. The third kappa shape index (κ3) is 8.15. The Labute approximate surface area is 344 Å². The standard InChI is InChI=1S/C43H56F2N4O9S/c1-41(2,3)28-19-35(51)58-36-23(15-24-16-27(24)36)9-7-6-8-10-31-38(47-32-17-25(56-5)11-12-30(32)46-31)57-26-18-33(49(22-26)39(28)52)34(50)21-43(20-29(43)37(44)45)40(53)48-59(54,55)42(4)13-14-42/h11-12,17,23-24,26-29,33,36-37H,6-10,13-16,18-22H2,1-5H3,(H,48,53)/t23-,24+,26-,27-,28-,29+,33+,36+,43-/m1/s1. The monoisotopic (exact) mass is 842 g/mol. The van der Waals surface area contributed by atoms with Crippen molar-refractivity contribution in [1.29, 1.82) is 0 Å². The first kappa shape index (κ1) is 41.8. The molecule has 0 unspecified atom stereocenters. The number of benzene rings is 1. The van der Waals surface area contributed by atoms with Gasteiger partial charge in [-0.05, 0) is 93.6 Å². The molecule has 9 atom stereocenters. The van der Waals surface area contributed by atoms with Crippen LogP contribution in [0.4, 0.5) is 8.78 Å². The van der Waals surface area contributed by atoms with E-state index in [9.17, 15) is 36.4 Å². The number of rotatable bonds is 8. The van der Waals surface area contributed by atoms with Crippen molar-refractivity contribution in [2.45, 2.75) is 141 Å². The highest BCUT2D eigenvalue weighted by Gasteiger charge is 2.67. The number of aryl methyl sites for hydroxylation is 1. The summed E-state index contributed by atoms with van der Waals surface area (Å²) < 4.78 is 73.9. The maximum absolute atomic E-state index is 14.9. The summed E-state index contributed by atoms with van der Waals surface area (Å²) in [7, 11) is -2.64. The van der Waals surface area contributed by atoms with Gasteiger partial charge in [-0.15, -0.1) is 0 Å². The van der Waals surface area contributed by atoms with Gasteiger partial charge in [0.25, 0.3) is 0 Å². The lowest BCUT2D eigenvalue weighted by Gasteiger charge is -2.35. The highest BCUT2D eigenvalue weighted by molar-refractivity contribution is 7.91. The zero-order valence-corrected chi connectivity index (χ0v) is 35.3. The van der Waals surface area contributed by atoms with Gasteiger partial charge in [0, 0.05) is 24.8 Å². The summed E-state index contributed by atoms with van der Waals surface area (Å²) in [6.45, 7) is 6.91. The predicted octanol–water partition coefficient (Wildman–Crippen LogP) is 5.95. The smallest absolute Gasteiger partial charge is 0.306 e. The van der Waals surface area contributed by atoms with E-state index in [2.05, 4.69) is 0 Å². The maximum atomic E-state index is 14.9. The molecule has 4 aliphatic carbocycles. The molecule has 2 aliphatic heterocycles.